The number of nitrogens with zero attached hydrogens (tertiary/aromatic N) is 1. The number of hydrogen-bond donors (Lipinski definition) is 1. The highest BCUT2D eigenvalue weighted by Crippen LogP contribution is 2.42. The summed E-state index contributed by atoms with van der Waals surface area (Å²) in [6.07, 6.45) is 4.28. The fourth-order valence-electron chi connectivity index (χ4n) is 3.31. The number of nitrogens with two attached hydrogens (primary N) is 1. The van der Waals surface area contributed by atoms with Crippen molar-refractivity contribution in [3.63, 3.8) is 0 Å². The Bertz CT molecular complexity index is 233. The van der Waals surface area contributed by atoms with E-state index in [-0.39, 0.29) is 0 Å². The van der Waals surface area contributed by atoms with Gasteiger partial charge in [0.25, 0.3) is 0 Å². The van der Waals surface area contributed by atoms with Gasteiger partial charge in [0.2, 0.25) is 0 Å². The van der Waals surface area contributed by atoms with Crippen LogP contribution >= 0.6 is 0 Å². The van der Waals surface area contributed by atoms with Gasteiger partial charge in [-0.3, -0.25) is 4.90 Å². The molecular weight excluding hydrogens is 176 g/mol. The lowest BCUT2D eigenvalue weighted by molar-refractivity contribution is -0.176. The molecule has 3 heteroatoms. The first-order chi connectivity index (χ1) is 6.79. The van der Waals surface area contributed by atoms with Crippen molar-refractivity contribution in [1.82, 2.24) is 4.90 Å². The van der Waals surface area contributed by atoms with E-state index >= 15 is 0 Å². The van der Waals surface area contributed by atoms with Crippen LogP contribution in [-0.4, -0.2) is 42.3 Å². The average Bonchev–Trinajstić information content (AvgIpc) is 2.23. The van der Waals surface area contributed by atoms with Crippen molar-refractivity contribution in [3.8, 4) is 0 Å². The second-order valence-electron chi connectivity index (χ2n) is 5.08. The zero-order valence-corrected chi connectivity index (χ0v) is 8.86. The van der Waals surface area contributed by atoms with Gasteiger partial charge in [-0.25, -0.2) is 0 Å². The SMILES string of the molecule is CC1CCN1C1C(N)C2CCCOC21. The molecule has 0 radical (unpaired) electrons. The summed E-state index contributed by atoms with van der Waals surface area (Å²) in [5, 5.41) is 0. The molecule has 0 aromatic carbocycles. The van der Waals surface area contributed by atoms with E-state index in [1.54, 1.807) is 0 Å². The molecule has 14 heavy (non-hydrogen) atoms. The highest BCUT2D eigenvalue weighted by molar-refractivity contribution is 5.10. The third kappa shape index (κ3) is 1.09. The Hall–Kier alpha value is -0.120. The van der Waals surface area contributed by atoms with E-state index in [1.165, 1.54) is 25.8 Å². The maximum absolute atomic E-state index is 6.23. The molecule has 80 valence electrons. The zero-order chi connectivity index (χ0) is 9.71. The predicted octanol–water partition coefficient (Wildman–Crippen LogP) is 0.585. The van der Waals surface area contributed by atoms with Crippen LogP contribution in [0.2, 0.25) is 0 Å². The zero-order valence-electron chi connectivity index (χ0n) is 8.86. The molecule has 0 aromatic rings. The molecule has 3 rings (SSSR count). The van der Waals surface area contributed by atoms with Gasteiger partial charge in [0, 0.05) is 31.2 Å². The van der Waals surface area contributed by atoms with Crippen molar-refractivity contribution in [3.05, 3.63) is 0 Å². The molecule has 0 spiro atoms. The van der Waals surface area contributed by atoms with E-state index in [0.717, 1.165) is 12.6 Å². The molecule has 2 heterocycles. The lowest BCUT2D eigenvalue weighted by Gasteiger charge is -2.60. The number of fused-ring (bicyclic) bond motifs is 1. The topological polar surface area (TPSA) is 38.5 Å². The van der Waals surface area contributed by atoms with Crippen molar-refractivity contribution in [1.29, 1.82) is 0 Å². The molecule has 2 N–H and O–H groups in total. The monoisotopic (exact) mass is 196 g/mol. The number of likely N-dealkylation sites (tertiary alicyclic amines) is 1. The van der Waals surface area contributed by atoms with Gasteiger partial charge in [-0.05, 0) is 26.2 Å². The fraction of sp³-hybridized carbons (Fsp3) is 1.00. The molecule has 5 unspecified atom stereocenters. The van der Waals surface area contributed by atoms with Gasteiger partial charge in [-0.2, -0.15) is 0 Å². The Morgan fingerprint density at radius 3 is 2.86 bits per heavy atom. The summed E-state index contributed by atoms with van der Waals surface area (Å²) in [6, 6.07) is 1.64. The van der Waals surface area contributed by atoms with Crippen LogP contribution in [0.1, 0.15) is 26.2 Å². The van der Waals surface area contributed by atoms with Crippen LogP contribution in [0.15, 0.2) is 0 Å². The molecule has 3 fully saturated rings. The fourth-order valence-corrected chi connectivity index (χ4v) is 3.31. The van der Waals surface area contributed by atoms with Crippen LogP contribution in [0.25, 0.3) is 0 Å². The number of ether oxygens (including phenoxy) is 1. The Morgan fingerprint density at radius 1 is 1.36 bits per heavy atom. The van der Waals surface area contributed by atoms with Crippen LogP contribution in [0, 0.1) is 5.92 Å². The standard InChI is InChI=1S/C11H20N2O/c1-7-4-5-13(7)10-9(12)8-3-2-6-14-11(8)10/h7-11H,2-6,12H2,1H3. The summed E-state index contributed by atoms with van der Waals surface area (Å²) in [5.74, 6) is 0.654. The van der Waals surface area contributed by atoms with Crippen LogP contribution < -0.4 is 5.73 Å². The molecule has 1 aliphatic carbocycles. The Labute approximate surface area is 85.6 Å². The van der Waals surface area contributed by atoms with Gasteiger partial charge in [-0.15, -0.1) is 0 Å². The molecule has 1 saturated carbocycles. The minimum absolute atomic E-state index is 0.378. The largest absolute Gasteiger partial charge is 0.376 e. The second kappa shape index (κ2) is 3.19. The van der Waals surface area contributed by atoms with Crippen molar-refractivity contribution < 1.29 is 4.74 Å². The lowest BCUT2D eigenvalue weighted by Crippen LogP contribution is -2.75. The van der Waals surface area contributed by atoms with Crippen LogP contribution in [0.5, 0.6) is 0 Å². The summed E-state index contributed by atoms with van der Waals surface area (Å²) >= 11 is 0. The van der Waals surface area contributed by atoms with Crippen LogP contribution in [0.3, 0.4) is 0 Å². The Balaban J connectivity index is 1.69. The molecule has 2 saturated heterocycles. The minimum atomic E-state index is 0.378. The van der Waals surface area contributed by atoms with Crippen LogP contribution in [-0.2, 0) is 4.74 Å². The lowest BCUT2D eigenvalue weighted by atomic mass is 9.67. The van der Waals surface area contributed by atoms with E-state index in [4.69, 9.17) is 10.5 Å². The normalized spacial score (nSPS) is 53.1. The third-order valence-corrected chi connectivity index (χ3v) is 4.39. The number of rotatable bonds is 1. The molecular formula is C11H20N2O. The predicted molar refractivity (Wildman–Crippen MR) is 55.0 cm³/mol. The Kier molecular flexibility index (Phi) is 2.08. The highest BCUT2D eigenvalue weighted by atomic mass is 16.5. The van der Waals surface area contributed by atoms with E-state index in [0.29, 0.717) is 24.1 Å². The number of hydrogen-bond acceptors (Lipinski definition) is 3. The molecule has 0 aromatic heterocycles. The Morgan fingerprint density at radius 2 is 2.21 bits per heavy atom. The second-order valence-corrected chi connectivity index (χ2v) is 5.08. The van der Waals surface area contributed by atoms with E-state index in [2.05, 4.69) is 11.8 Å². The molecule has 5 atom stereocenters. The first-order valence-electron chi connectivity index (χ1n) is 5.92. The van der Waals surface area contributed by atoms with Gasteiger partial charge in [0.15, 0.2) is 0 Å². The highest BCUT2D eigenvalue weighted by Gasteiger charge is 2.54. The first-order valence-corrected chi connectivity index (χ1v) is 5.92. The van der Waals surface area contributed by atoms with Crippen molar-refractivity contribution in [2.45, 2.75) is 50.4 Å². The molecule has 0 amide bonds. The summed E-state index contributed by atoms with van der Waals surface area (Å²) in [7, 11) is 0. The smallest absolute Gasteiger partial charge is 0.0788 e. The maximum Gasteiger partial charge on any atom is 0.0788 e. The van der Waals surface area contributed by atoms with Gasteiger partial charge in [-0.1, -0.05) is 0 Å². The molecule has 2 aliphatic heterocycles. The first kappa shape index (κ1) is 9.13. The summed E-state index contributed by atoms with van der Waals surface area (Å²) in [5.41, 5.74) is 6.23. The van der Waals surface area contributed by atoms with E-state index < -0.39 is 0 Å². The van der Waals surface area contributed by atoms with Gasteiger partial charge in [0.1, 0.15) is 0 Å². The molecule has 3 aliphatic rings. The molecule has 0 bridgehead atoms. The average molecular weight is 196 g/mol. The van der Waals surface area contributed by atoms with Gasteiger partial charge < -0.3 is 10.5 Å². The van der Waals surface area contributed by atoms with Crippen molar-refractivity contribution in [2.75, 3.05) is 13.2 Å². The summed E-state index contributed by atoms with van der Waals surface area (Å²) in [6.45, 7) is 4.48. The third-order valence-electron chi connectivity index (χ3n) is 4.39. The summed E-state index contributed by atoms with van der Waals surface area (Å²) < 4.78 is 5.84. The van der Waals surface area contributed by atoms with Crippen molar-refractivity contribution in [2.24, 2.45) is 11.7 Å². The summed E-state index contributed by atoms with van der Waals surface area (Å²) in [4.78, 5) is 2.54. The molecule has 3 nitrogen and oxygen atoms in total. The van der Waals surface area contributed by atoms with Gasteiger partial charge in [0.05, 0.1) is 12.1 Å². The van der Waals surface area contributed by atoms with E-state index in [9.17, 15) is 0 Å². The maximum atomic E-state index is 6.23. The van der Waals surface area contributed by atoms with Crippen LogP contribution in [0.4, 0.5) is 0 Å². The van der Waals surface area contributed by atoms with E-state index in [1.807, 2.05) is 0 Å². The minimum Gasteiger partial charge on any atom is -0.376 e. The van der Waals surface area contributed by atoms with Crippen molar-refractivity contribution >= 4 is 0 Å². The quantitative estimate of drug-likeness (QED) is 0.667. The van der Waals surface area contributed by atoms with Gasteiger partial charge >= 0.3 is 0 Å².